The standard InChI is InChI=1S/C14H12BrNS/c1-8-4-3-5-11-13(8)16-14-9(2)10(15)6-7-12(14)17-11/h3-7,16H,1-2H3. The van der Waals surface area contributed by atoms with E-state index in [0.29, 0.717) is 0 Å². The zero-order valence-corrected chi connectivity index (χ0v) is 12.1. The average molecular weight is 306 g/mol. The maximum absolute atomic E-state index is 3.58. The van der Waals surface area contributed by atoms with E-state index >= 15 is 0 Å². The van der Waals surface area contributed by atoms with E-state index in [4.69, 9.17) is 0 Å². The molecule has 1 N–H and O–H groups in total. The van der Waals surface area contributed by atoms with Crippen molar-refractivity contribution in [2.45, 2.75) is 23.6 Å². The number of halogens is 1. The van der Waals surface area contributed by atoms with Gasteiger partial charge in [-0.1, -0.05) is 39.8 Å². The van der Waals surface area contributed by atoms with Crippen LogP contribution in [0, 0.1) is 13.8 Å². The highest BCUT2D eigenvalue weighted by Crippen LogP contribution is 2.47. The van der Waals surface area contributed by atoms with E-state index in [1.807, 2.05) is 11.8 Å². The molecule has 3 rings (SSSR count). The van der Waals surface area contributed by atoms with E-state index in [-0.39, 0.29) is 0 Å². The van der Waals surface area contributed by atoms with Crippen LogP contribution in [-0.2, 0) is 0 Å². The molecule has 0 aromatic heterocycles. The molecule has 2 aromatic carbocycles. The lowest BCUT2D eigenvalue weighted by atomic mass is 10.1. The minimum atomic E-state index is 1.15. The number of hydrogen-bond donors (Lipinski definition) is 1. The summed E-state index contributed by atoms with van der Waals surface area (Å²) < 4.78 is 1.15. The molecular formula is C14H12BrNS. The zero-order valence-electron chi connectivity index (χ0n) is 9.67. The topological polar surface area (TPSA) is 12.0 Å². The lowest BCUT2D eigenvalue weighted by Gasteiger charge is -2.24. The van der Waals surface area contributed by atoms with E-state index in [0.717, 1.165) is 4.47 Å². The fourth-order valence-electron chi connectivity index (χ4n) is 2.03. The molecule has 2 aromatic rings. The fraction of sp³-hybridized carbons (Fsp3) is 0.143. The van der Waals surface area contributed by atoms with Gasteiger partial charge in [-0.05, 0) is 43.2 Å². The highest BCUT2D eigenvalue weighted by Gasteiger charge is 2.19. The number of rotatable bonds is 0. The first-order valence-corrected chi connectivity index (χ1v) is 7.11. The quantitative estimate of drug-likeness (QED) is 0.607. The van der Waals surface area contributed by atoms with Crippen molar-refractivity contribution in [2.24, 2.45) is 0 Å². The van der Waals surface area contributed by atoms with Crippen LogP contribution >= 0.6 is 27.7 Å². The Kier molecular flexibility index (Phi) is 2.68. The number of nitrogens with one attached hydrogen (secondary N) is 1. The van der Waals surface area contributed by atoms with Crippen LogP contribution in [0.25, 0.3) is 0 Å². The van der Waals surface area contributed by atoms with Crippen molar-refractivity contribution >= 4 is 39.1 Å². The van der Waals surface area contributed by atoms with Crippen LogP contribution in [0.3, 0.4) is 0 Å². The first-order chi connectivity index (χ1) is 8.16. The maximum Gasteiger partial charge on any atom is 0.0567 e. The molecule has 3 heteroatoms. The molecule has 0 saturated heterocycles. The van der Waals surface area contributed by atoms with Gasteiger partial charge in [0.15, 0.2) is 0 Å². The van der Waals surface area contributed by atoms with E-state index in [2.05, 4.69) is 65.4 Å². The van der Waals surface area contributed by atoms with Crippen LogP contribution in [0.4, 0.5) is 11.4 Å². The Morgan fingerprint density at radius 1 is 1.00 bits per heavy atom. The van der Waals surface area contributed by atoms with Gasteiger partial charge in [-0.2, -0.15) is 0 Å². The van der Waals surface area contributed by atoms with Crippen molar-refractivity contribution in [3.05, 3.63) is 45.9 Å². The summed E-state index contributed by atoms with van der Waals surface area (Å²) in [5.41, 5.74) is 5.03. The largest absolute Gasteiger partial charge is 0.353 e. The molecule has 86 valence electrons. The number of fused-ring (bicyclic) bond motifs is 2. The molecule has 1 aliphatic heterocycles. The normalized spacial score (nSPS) is 12.6. The molecule has 1 aliphatic rings. The van der Waals surface area contributed by atoms with Gasteiger partial charge >= 0.3 is 0 Å². The fourth-order valence-corrected chi connectivity index (χ4v) is 3.50. The second-order valence-corrected chi connectivity index (χ2v) is 6.16. The van der Waals surface area contributed by atoms with Crippen LogP contribution in [-0.4, -0.2) is 0 Å². The third kappa shape index (κ3) is 1.78. The van der Waals surface area contributed by atoms with Crippen molar-refractivity contribution in [3.8, 4) is 0 Å². The summed E-state index contributed by atoms with van der Waals surface area (Å²) in [7, 11) is 0. The first-order valence-electron chi connectivity index (χ1n) is 5.50. The highest BCUT2D eigenvalue weighted by molar-refractivity contribution is 9.10. The summed E-state index contributed by atoms with van der Waals surface area (Å²) >= 11 is 5.42. The monoisotopic (exact) mass is 305 g/mol. The van der Waals surface area contributed by atoms with Crippen LogP contribution < -0.4 is 5.32 Å². The average Bonchev–Trinajstić information content (AvgIpc) is 2.33. The molecule has 1 nitrogen and oxygen atoms in total. The number of anilines is 2. The van der Waals surface area contributed by atoms with E-state index in [9.17, 15) is 0 Å². The second kappa shape index (κ2) is 4.07. The first kappa shape index (κ1) is 11.2. The van der Waals surface area contributed by atoms with Gasteiger partial charge in [-0.15, -0.1) is 0 Å². The Hall–Kier alpha value is -0.930. The van der Waals surface area contributed by atoms with Crippen LogP contribution in [0.2, 0.25) is 0 Å². The molecule has 17 heavy (non-hydrogen) atoms. The summed E-state index contributed by atoms with van der Waals surface area (Å²) in [6.45, 7) is 4.28. The number of benzene rings is 2. The second-order valence-electron chi connectivity index (χ2n) is 4.22. The lowest BCUT2D eigenvalue weighted by Crippen LogP contribution is -2.03. The molecule has 0 unspecified atom stereocenters. The molecule has 0 fully saturated rings. The lowest BCUT2D eigenvalue weighted by molar-refractivity contribution is 1.24. The Morgan fingerprint density at radius 2 is 1.76 bits per heavy atom. The van der Waals surface area contributed by atoms with Crippen molar-refractivity contribution in [2.75, 3.05) is 5.32 Å². The third-order valence-electron chi connectivity index (χ3n) is 3.07. The third-order valence-corrected chi connectivity index (χ3v) is 5.04. The molecule has 0 amide bonds. The Labute approximate surface area is 114 Å². The van der Waals surface area contributed by atoms with E-state index in [1.54, 1.807) is 0 Å². The summed E-state index contributed by atoms with van der Waals surface area (Å²) in [5.74, 6) is 0. The molecule has 0 atom stereocenters. The molecule has 0 spiro atoms. The van der Waals surface area contributed by atoms with Gasteiger partial charge in [0.25, 0.3) is 0 Å². The smallest absolute Gasteiger partial charge is 0.0567 e. The minimum absolute atomic E-state index is 1.15. The molecule has 0 bridgehead atoms. The van der Waals surface area contributed by atoms with Crippen molar-refractivity contribution < 1.29 is 0 Å². The Morgan fingerprint density at radius 3 is 2.59 bits per heavy atom. The van der Waals surface area contributed by atoms with Crippen LogP contribution in [0.1, 0.15) is 11.1 Å². The maximum atomic E-state index is 3.58. The number of hydrogen-bond acceptors (Lipinski definition) is 2. The molecule has 0 saturated carbocycles. The number of aryl methyl sites for hydroxylation is 1. The van der Waals surface area contributed by atoms with E-state index < -0.39 is 0 Å². The van der Waals surface area contributed by atoms with Crippen LogP contribution in [0.5, 0.6) is 0 Å². The zero-order chi connectivity index (χ0) is 12.0. The van der Waals surface area contributed by atoms with E-state index in [1.165, 1.54) is 32.3 Å². The predicted molar refractivity (Wildman–Crippen MR) is 77.5 cm³/mol. The predicted octanol–water partition coefficient (Wildman–Crippen LogP) is 5.27. The molecule has 0 aliphatic carbocycles. The van der Waals surface area contributed by atoms with Crippen molar-refractivity contribution in [1.82, 2.24) is 0 Å². The summed E-state index contributed by atoms with van der Waals surface area (Å²) in [4.78, 5) is 2.60. The van der Waals surface area contributed by atoms with Gasteiger partial charge in [-0.3, -0.25) is 0 Å². The van der Waals surface area contributed by atoms with Gasteiger partial charge in [0, 0.05) is 14.3 Å². The SMILES string of the molecule is Cc1cccc2c1Nc1c(ccc(Br)c1C)S2. The van der Waals surface area contributed by atoms with Crippen LogP contribution in [0.15, 0.2) is 44.6 Å². The van der Waals surface area contributed by atoms with Crippen molar-refractivity contribution in [1.29, 1.82) is 0 Å². The van der Waals surface area contributed by atoms with Gasteiger partial charge in [-0.25, -0.2) is 0 Å². The van der Waals surface area contributed by atoms with Crippen molar-refractivity contribution in [3.63, 3.8) is 0 Å². The molecule has 1 heterocycles. The summed E-state index contributed by atoms with van der Waals surface area (Å²) in [6.07, 6.45) is 0. The Balaban J connectivity index is 2.18. The Bertz CT molecular complexity index is 607. The summed E-state index contributed by atoms with van der Waals surface area (Å²) in [6, 6.07) is 10.7. The number of para-hydroxylation sites is 1. The van der Waals surface area contributed by atoms with Gasteiger partial charge < -0.3 is 5.32 Å². The highest BCUT2D eigenvalue weighted by atomic mass is 79.9. The molecule has 0 radical (unpaired) electrons. The van der Waals surface area contributed by atoms with Gasteiger partial charge in [0.2, 0.25) is 0 Å². The summed E-state index contributed by atoms with van der Waals surface area (Å²) in [5, 5.41) is 3.57. The van der Waals surface area contributed by atoms with Gasteiger partial charge in [0.1, 0.15) is 0 Å². The minimum Gasteiger partial charge on any atom is -0.353 e. The molecular weight excluding hydrogens is 294 g/mol. The van der Waals surface area contributed by atoms with Gasteiger partial charge in [0.05, 0.1) is 11.4 Å².